The third kappa shape index (κ3) is 5.39. The van der Waals surface area contributed by atoms with Crippen molar-refractivity contribution in [2.75, 3.05) is 12.3 Å². The van der Waals surface area contributed by atoms with Gasteiger partial charge in [0.2, 0.25) is 0 Å². The minimum atomic E-state index is -0.506. The van der Waals surface area contributed by atoms with Crippen molar-refractivity contribution in [2.24, 2.45) is 0 Å². The minimum Gasteiger partial charge on any atom is -0.444 e. The zero-order valence-corrected chi connectivity index (χ0v) is 14.9. The molecule has 2 unspecified atom stereocenters. The molecule has 1 aromatic carbocycles. The number of rotatable bonds is 4. The van der Waals surface area contributed by atoms with Gasteiger partial charge < -0.3 is 15.4 Å². The number of alkyl carbamates (subject to hydrolysis) is 1. The van der Waals surface area contributed by atoms with Crippen molar-refractivity contribution in [2.45, 2.75) is 56.7 Å². The van der Waals surface area contributed by atoms with Gasteiger partial charge in [-0.15, -0.1) is 11.8 Å². The molecule has 0 spiro atoms. The fraction of sp³-hybridized carbons (Fsp3) is 0.588. The van der Waals surface area contributed by atoms with E-state index in [4.69, 9.17) is 4.74 Å². The number of nitrogens with one attached hydrogen (secondary N) is 2. The average molecular weight is 340 g/mol. The molecular weight excluding hydrogens is 315 g/mol. The normalized spacial score (nSPS) is 18.9. The molecule has 128 valence electrons. The van der Waals surface area contributed by atoms with Crippen molar-refractivity contribution in [3.05, 3.63) is 29.6 Å². The third-order valence-corrected chi connectivity index (χ3v) is 4.62. The molecule has 0 aromatic heterocycles. The molecule has 0 aliphatic carbocycles. The zero-order chi connectivity index (χ0) is 17.0. The first-order chi connectivity index (χ1) is 10.8. The van der Waals surface area contributed by atoms with Crippen LogP contribution in [0.1, 0.15) is 45.7 Å². The number of hydrogen-bond acceptors (Lipinski definition) is 4. The van der Waals surface area contributed by atoms with E-state index < -0.39 is 11.7 Å². The molecule has 1 aromatic rings. The number of carbonyl (C=O) groups excluding carboxylic acids is 1. The van der Waals surface area contributed by atoms with E-state index >= 15 is 0 Å². The molecule has 0 radical (unpaired) electrons. The van der Waals surface area contributed by atoms with Crippen LogP contribution in [0.2, 0.25) is 0 Å². The minimum absolute atomic E-state index is 0.0727. The van der Waals surface area contributed by atoms with Crippen molar-refractivity contribution in [1.82, 2.24) is 10.6 Å². The second kappa shape index (κ2) is 7.53. The van der Waals surface area contributed by atoms with Crippen LogP contribution in [0.4, 0.5) is 9.18 Å². The van der Waals surface area contributed by atoms with Gasteiger partial charge in [-0.05, 0) is 51.5 Å². The van der Waals surface area contributed by atoms with E-state index in [1.165, 1.54) is 6.07 Å². The number of benzene rings is 1. The highest BCUT2D eigenvalue weighted by Crippen LogP contribution is 2.37. The summed E-state index contributed by atoms with van der Waals surface area (Å²) < 4.78 is 19.1. The average Bonchev–Trinajstić information content (AvgIpc) is 2.43. The summed E-state index contributed by atoms with van der Waals surface area (Å²) in [5.41, 5.74) is 0.500. The molecule has 2 N–H and O–H groups in total. The van der Waals surface area contributed by atoms with E-state index in [1.54, 1.807) is 17.8 Å². The maximum Gasteiger partial charge on any atom is 0.407 e. The molecule has 1 aliphatic heterocycles. The first-order valence-corrected chi connectivity index (χ1v) is 8.89. The Bertz CT molecular complexity index is 560. The van der Waals surface area contributed by atoms with E-state index in [-0.39, 0.29) is 17.9 Å². The van der Waals surface area contributed by atoms with Crippen LogP contribution in [-0.2, 0) is 4.74 Å². The van der Waals surface area contributed by atoms with Crippen LogP contribution in [0, 0.1) is 5.82 Å². The lowest BCUT2D eigenvalue weighted by Gasteiger charge is -2.28. The van der Waals surface area contributed by atoms with Crippen LogP contribution in [0.5, 0.6) is 0 Å². The molecule has 1 amide bonds. The molecule has 1 aliphatic rings. The summed E-state index contributed by atoms with van der Waals surface area (Å²) in [6, 6.07) is 5.26. The molecule has 2 rings (SSSR count). The van der Waals surface area contributed by atoms with Gasteiger partial charge in [-0.3, -0.25) is 0 Å². The molecular formula is C17H25FN2O2S. The quantitative estimate of drug-likeness (QED) is 0.874. The van der Waals surface area contributed by atoms with Gasteiger partial charge in [0.05, 0.1) is 0 Å². The first-order valence-electron chi connectivity index (χ1n) is 7.90. The highest BCUT2D eigenvalue weighted by Gasteiger charge is 2.23. The lowest BCUT2D eigenvalue weighted by molar-refractivity contribution is 0.0507. The molecule has 0 saturated carbocycles. The number of ether oxygens (including phenoxy) is 1. The highest BCUT2D eigenvalue weighted by atomic mass is 32.2. The monoisotopic (exact) mass is 340 g/mol. The van der Waals surface area contributed by atoms with E-state index in [1.807, 2.05) is 33.8 Å². The summed E-state index contributed by atoms with van der Waals surface area (Å²) in [6.07, 6.45) is 0.526. The largest absolute Gasteiger partial charge is 0.444 e. The summed E-state index contributed by atoms with van der Waals surface area (Å²) in [7, 11) is 0. The molecule has 6 heteroatoms. The Kier molecular flexibility index (Phi) is 5.92. The maximum atomic E-state index is 13.9. The van der Waals surface area contributed by atoms with Gasteiger partial charge in [-0.2, -0.15) is 0 Å². The van der Waals surface area contributed by atoms with Crippen molar-refractivity contribution in [1.29, 1.82) is 0 Å². The lowest BCUT2D eigenvalue weighted by Crippen LogP contribution is -2.43. The van der Waals surface area contributed by atoms with Crippen molar-refractivity contribution in [3.8, 4) is 0 Å². The van der Waals surface area contributed by atoms with Crippen molar-refractivity contribution in [3.63, 3.8) is 0 Å². The smallest absolute Gasteiger partial charge is 0.407 e. The number of halogens is 1. The van der Waals surface area contributed by atoms with E-state index in [0.717, 1.165) is 22.6 Å². The predicted octanol–water partition coefficient (Wildman–Crippen LogP) is 3.87. The van der Waals surface area contributed by atoms with Crippen LogP contribution >= 0.6 is 11.8 Å². The fourth-order valence-corrected chi connectivity index (χ4v) is 3.62. The Labute approximate surface area is 141 Å². The van der Waals surface area contributed by atoms with Gasteiger partial charge in [0, 0.05) is 23.5 Å². The molecule has 0 saturated heterocycles. The maximum absolute atomic E-state index is 13.9. The summed E-state index contributed by atoms with van der Waals surface area (Å²) in [5, 5.41) is 6.23. The Morgan fingerprint density at radius 2 is 2.22 bits per heavy atom. The Balaban J connectivity index is 1.87. The summed E-state index contributed by atoms with van der Waals surface area (Å²) in [6.45, 7) is 8.02. The lowest BCUT2D eigenvalue weighted by atomic mass is 10.0. The van der Waals surface area contributed by atoms with E-state index in [0.29, 0.717) is 6.54 Å². The second-order valence-corrected chi connectivity index (χ2v) is 7.91. The molecule has 0 fully saturated rings. The van der Waals surface area contributed by atoms with Crippen LogP contribution in [0.3, 0.4) is 0 Å². The number of fused-ring (bicyclic) bond motifs is 1. The highest BCUT2D eigenvalue weighted by molar-refractivity contribution is 7.99. The molecule has 2 atom stereocenters. The van der Waals surface area contributed by atoms with Gasteiger partial charge in [0.25, 0.3) is 0 Å². The summed E-state index contributed by atoms with van der Waals surface area (Å²) in [5.74, 6) is 0.735. The molecule has 0 bridgehead atoms. The SMILES string of the molecule is CC(CNC1CCSc2c(F)cccc21)NC(=O)OC(C)(C)C. The first kappa shape index (κ1) is 18.1. The van der Waals surface area contributed by atoms with Crippen LogP contribution in [0.15, 0.2) is 23.1 Å². The number of hydrogen-bond donors (Lipinski definition) is 2. The topological polar surface area (TPSA) is 50.4 Å². The molecule has 23 heavy (non-hydrogen) atoms. The number of thioether (sulfide) groups is 1. The zero-order valence-electron chi connectivity index (χ0n) is 14.1. The third-order valence-electron chi connectivity index (χ3n) is 3.46. The van der Waals surface area contributed by atoms with Gasteiger partial charge in [-0.25, -0.2) is 9.18 Å². The second-order valence-electron chi connectivity index (χ2n) is 6.80. The molecule has 4 nitrogen and oxygen atoms in total. The predicted molar refractivity (Wildman–Crippen MR) is 91.3 cm³/mol. The Morgan fingerprint density at radius 3 is 2.91 bits per heavy atom. The van der Waals surface area contributed by atoms with Gasteiger partial charge in [-0.1, -0.05) is 12.1 Å². The number of amides is 1. The standard InChI is InChI=1S/C17H25FN2O2S/c1-11(20-16(21)22-17(2,3)4)10-19-14-8-9-23-15-12(14)6-5-7-13(15)18/h5-7,11,14,19H,8-10H2,1-4H3,(H,20,21). The Hall–Kier alpha value is -1.27. The van der Waals surface area contributed by atoms with Crippen LogP contribution in [-0.4, -0.2) is 30.0 Å². The van der Waals surface area contributed by atoms with E-state index in [2.05, 4.69) is 10.6 Å². The Morgan fingerprint density at radius 1 is 1.48 bits per heavy atom. The van der Waals surface area contributed by atoms with Gasteiger partial charge in [0.15, 0.2) is 0 Å². The van der Waals surface area contributed by atoms with Crippen molar-refractivity contribution < 1.29 is 13.9 Å². The number of carbonyl (C=O) groups is 1. The summed E-state index contributed by atoms with van der Waals surface area (Å²) >= 11 is 1.57. The van der Waals surface area contributed by atoms with Crippen molar-refractivity contribution >= 4 is 17.9 Å². The van der Waals surface area contributed by atoms with Gasteiger partial charge >= 0.3 is 6.09 Å². The van der Waals surface area contributed by atoms with E-state index in [9.17, 15) is 9.18 Å². The van der Waals surface area contributed by atoms with Gasteiger partial charge in [0.1, 0.15) is 11.4 Å². The fourth-order valence-electron chi connectivity index (χ4n) is 2.48. The van der Waals surface area contributed by atoms with Crippen LogP contribution < -0.4 is 10.6 Å². The van der Waals surface area contributed by atoms with Crippen LogP contribution in [0.25, 0.3) is 0 Å². The summed E-state index contributed by atoms with van der Waals surface area (Å²) in [4.78, 5) is 12.5. The molecule has 1 heterocycles.